The molecule has 164 valence electrons. The molecule has 6 nitrogen and oxygen atoms in total. The topological polar surface area (TPSA) is 67.9 Å². The van der Waals surface area contributed by atoms with Crippen LogP contribution in [0.1, 0.15) is 42.5 Å². The molecule has 1 aliphatic heterocycles. The third-order valence-electron chi connectivity index (χ3n) is 6.38. The third-order valence-corrected chi connectivity index (χ3v) is 6.88. The van der Waals surface area contributed by atoms with Crippen molar-refractivity contribution in [1.82, 2.24) is 4.90 Å². The van der Waals surface area contributed by atoms with Crippen molar-refractivity contribution >= 4 is 33.4 Å². The third kappa shape index (κ3) is 4.28. The maximum absolute atomic E-state index is 13.7. The minimum absolute atomic E-state index is 0.0753. The maximum Gasteiger partial charge on any atom is 0.258 e. The van der Waals surface area contributed by atoms with E-state index in [2.05, 4.69) is 21.2 Å². The van der Waals surface area contributed by atoms with Gasteiger partial charge in [-0.3, -0.25) is 9.59 Å². The second-order valence-electron chi connectivity index (χ2n) is 8.11. The van der Waals surface area contributed by atoms with Crippen LogP contribution in [0, 0.1) is 5.92 Å². The lowest BCUT2D eigenvalue weighted by Crippen LogP contribution is -2.48. The number of para-hydroxylation sites is 1. The normalized spacial score (nSPS) is 22.5. The number of benzene rings is 2. The van der Waals surface area contributed by atoms with Crippen molar-refractivity contribution in [2.45, 2.75) is 44.2 Å². The molecule has 3 atom stereocenters. The quantitative estimate of drug-likeness (QED) is 0.653. The van der Waals surface area contributed by atoms with E-state index < -0.39 is 6.04 Å². The first kappa shape index (κ1) is 21.7. The van der Waals surface area contributed by atoms with E-state index in [1.807, 2.05) is 29.2 Å². The molecule has 1 heterocycles. The van der Waals surface area contributed by atoms with Gasteiger partial charge in [0.2, 0.25) is 5.91 Å². The molecule has 4 rings (SSSR count). The van der Waals surface area contributed by atoms with E-state index in [9.17, 15) is 9.59 Å². The molecular formula is C24H27BrN2O4. The van der Waals surface area contributed by atoms with E-state index in [-0.39, 0.29) is 17.9 Å². The van der Waals surface area contributed by atoms with Crippen molar-refractivity contribution < 1.29 is 19.1 Å². The van der Waals surface area contributed by atoms with Crippen molar-refractivity contribution in [2.75, 3.05) is 19.5 Å². The van der Waals surface area contributed by atoms with Crippen LogP contribution in [0.5, 0.6) is 11.5 Å². The zero-order chi connectivity index (χ0) is 22.0. The molecule has 2 aromatic rings. The van der Waals surface area contributed by atoms with Crippen LogP contribution in [-0.2, 0) is 4.79 Å². The number of halogens is 1. The minimum atomic E-state index is -0.533. The van der Waals surface area contributed by atoms with Crippen LogP contribution in [0.3, 0.4) is 0 Å². The summed E-state index contributed by atoms with van der Waals surface area (Å²) < 4.78 is 11.7. The number of methoxy groups -OCH3 is 2. The number of ether oxygens (including phenoxy) is 2. The van der Waals surface area contributed by atoms with Crippen molar-refractivity contribution in [1.29, 1.82) is 0 Å². The fraction of sp³-hybridized carbons (Fsp3) is 0.417. The molecular weight excluding hydrogens is 460 g/mol. The van der Waals surface area contributed by atoms with Gasteiger partial charge in [0.25, 0.3) is 5.91 Å². The molecule has 0 radical (unpaired) electrons. The first-order valence-corrected chi connectivity index (χ1v) is 11.4. The fourth-order valence-electron chi connectivity index (χ4n) is 4.94. The molecule has 2 amide bonds. The van der Waals surface area contributed by atoms with Gasteiger partial charge in [-0.05, 0) is 55.5 Å². The summed E-state index contributed by atoms with van der Waals surface area (Å²) in [6.07, 6.45) is 4.87. The van der Waals surface area contributed by atoms with Gasteiger partial charge in [-0.2, -0.15) is 0 Å². The molecule has 3 unspecified atom stereocenters. The molecule has 31 heavy (non-hydrogen) atoms. The van der Waals surface area contributed by atoms with Crippen molar-refractivity contribution in [3.05, 3.63) is 52.5 Å². The zero-order valence-electron chi connectivity index (χ0n) is 17.8. The number of likely N-dealkylation sites (tertiary alicyclic amines) is 1. The Morgan fingerprint density at radius 2 is 1.77 bits per heavy atom. The van der Waals surface area contributed by atoms with Gasteiger partial charge in [0.15, 0.2) is 0 Å². The summed E-state index contributed by atoms with van der Waals surface area (Å²) >= 11 is 3.44. The smallest absolute Gasteiger partial charge is 0.258 e. The first-order chi connectivity index (χ1) is 15.0. The molecule has 1 aliphatic carbocycles. The molecule has 2 aliphatic rings. The SMILES string of the molecule is COc1ccc(Br)cc1NC(=O)C1CC2CCCCC2N1C(=O)c1ccccc1OC. The number of amides is 2. The number of fused-ring (bicyclic) bond motifs is 1. The van der Waals surface area contributed by atoms with Gasteiger partial charge in [0.05, 0.1) is 25.5 Å². The number of hydrogen-bond acceptors (Lipinski definition) is 4. The van der Waals surface area contributed by atoms with E-state index in [4.69, 9.17) is 9.47 Å². The Balaban J connectivity index is 1.65. The van der Waals surface area contributed by atoms with Crippen molar-refractivity contribution in [3.8, 4) is 11.5 Å². The summed E-state index contributed by atoms with van der Waals surface area (Å²) in [7, 11) is 3.13. The van der Waals surface area contributed by atoms with Gasteiger partial charge >= 0.3 is 0 Å². The van der Waals surface area contributed by atoms with Crippen LogP contribution in [0.4, 0.5) is 5.69 Å². The Labute approximate surface area is 191 Å². The molecule has 0 aromatic heterocycles. The predicted octanol–water partition coefficient (Wildman–Crippen LogP) is 4.88. The van der Waals surface area contributed by atoms with Crippen LogP contribution in [0.25, 0.3) is 0 Å². The van der Waals surface area contributed by atoms with Crippen LogP contribution < -0.4 is 14.8 Å². The van der Waals surface area contributed by atoms with E-state index in [0.29, 0.717) is 35.1 Å². The summed E-state index contributed by atoms with van der Waals surface area (Å²) in [5.41, 5.74) is 1.08. The van der Waals surface area contributed by atoms with Crippen LogP contribution >= 0.6 is 15.9 Å². The minimum Gasteiger partial charge on any atom is -0.496 e. The molecule has 1 saturated carbocycles. The number of carbonyl (C=O) groups is 2. The number of nitrogens with zero attached hydrogens (tertiary/aromatic N) is 1. The number of nitrogens with one attached hydrogen (secondary N) is 1. The lowest BCUT2D eigenvalue weighted by Gasteiger charge is -2.34. The highest BCUT2D eigenvalue weighted by atomic mass is 79.9. The molecule has 0 bridgehead atoms. The van der Waals surface area contributed by atoms with Gasteiger partial charge < -0.3 is 19.7 Å². The Morgan fingerprint density at radius 3 is 2.55 bits per heavy atom. The highest BCUT2D eigenvalue weighted by molar-refractivity contribution is 9.10. The van der Waals surface area contributed by atoms with Crippen LogP contribution in [0.15, 0.2) is 46.9 Å². The molecule has 2 aromatic carbocycles. The fourth-order valence-corrected chi connectivity index (χ4v) is 5.30. The summed E-state index contributed by atoms with van der Waals surface area (Å²) in [5, 5.41) is 3.00. The number of carbonyl (C=O) groups excluding carboxylic acids is 2. The van der Waals surface area contributed by atoms with E-state index >= 15 is 0 Å². The average molecular weight is 487 g/mol. The summed E-state index contributed by atoms with van der Waals surface area (Å²) in [4.78, 5) is 28.9. The lowest BCUT2D eigenvalue weighted by molar-refractivity contribution is -0.120. The molecule has 1 saturated heterocycles. The molecule has 1 N–H and O–H groups in total. The summed E-state index contributed by atoms with van der Waals surface area (Å²) in [5.74, 6) is 1.11. The summed E-state index contributed by atoms with van der Waals surface area (Å²) in [6, 6.07) is 12.2. The number of rotatable bonds is 5. The number of hydrogen-bond donors (Lipinski definition) is 1. The predicted molar refractivity (Wildman–Crippen MR) is 123 cm³/mol. The second-order valence-corrected chi connectivity index (χ2v) is 9.03. The first-order valence-electron chi connectivity index (χ1n) is 10.6. The summed E-state index contributed by atoms with van der Waals surface area (Å²) in [6.45, 7) is 0. The van der Waals surface area contributed by atoms with Gasteiger partial charge in [-0.1, -0.05) is 40.9 Å². The Bertz CT molecular complexity index is 980. The Hall–Kier alpha value is -2.54. The Kier molecular flexibility index (Phi) is 6.51. The van der Waals surface area contributed by atoms with Gasteiger partial charge in [0.1, 0.15) is 17.5 Å². The standard InChI is InChI=1S/C24H27BrN2O4/c1-30-21-10-6-4-8-17(21)24(29)27-19-9-5-3-7-15(19)13-20(27)23(28)26-18-14-16(25)11-12-22(18)31-2/h4,6,8,10-12,14-15,19-20H,3,5,7,9,13H2,1-2H3,(H,26,28). The van der Waals surface area contributed by atoms with Crippen molar-refractivity contribution in [3.63, 3.8) is 0 Å². The molecule has 7 heteroatoms. The van der Waals surface area contributed by atoms with E-state index in [0.717, 1.165) is 30.2 Å². The highest BCUT2D eigenvalue weighted by Crippen LogP contribution is 2.42. The second kappa shape index (κ2) is 9.30. The van der Waals surface area contributed by atoms with E-state index in [1.54, 1.807) is 32.4 Å². The van der Waals surface area contributed by atoms with Gasteiger partial charge in [-0.15, -0.1) is 0 Å². The Morgan fingerprint density at radius 1 is 1.03 bits per heavy atom. The molecule has 2 fully saturated rings. The van der Waals surface area contributed by atoms with Gasteiger partial charge in [0, 0.05) is 10.5 Å². The van der Waals surface area contributed by atoms with Crippen LogP contribution in [-0.4, -0.2) is 43.0 Å². The maximum atomic E-state index is 13.7. The van der Waals surface area contributed by atoms with Crippen LogP contribution in [0.2, 0.25) is 0 Å². The monoisotopic (exact) mass is 486 g/mol. The van der Waals surface area contributed by atoms with Crippen molar-refractivity contribution in [2.24, 2.45) is 5.92 Å². The number of anilines is 1. The zero-order valence-corrected chi connectivity index (χ0v) is 19.4. The highest BCUT2D eigenvalue weighted by Gasteiger charge is 2.48. The molecule has 0 spiro atoms. The lowest BCUT2D eigenvalue weighted by atomic mass is 9.84. The largest absolute Gasteiger partial charge is 0.496 e. The average Bonchev–Trinajstić information content (AvgIpc) is 3.18. The van der Waals surface area contributed by atoms with E-state index in [1.165, 1.54) is 0 Å². The van der Waals surface area contributed by atoms with Gasteiger partial charge in [-0.25, -0.2) is 0 Å².